The zero-order valence-electron chi connectivity index (χ0n) is 12.3. The second kappa shape index (κ2) is 6.57. The number of hydrogen-bond acceptors (Lipinski definition) is 3. The maximum absolute atomic E-state index is 12.4. The number of carboxylic acid groups (broad SMARTS) is 1. The Morgan fingerprint density at radius 3 is 2.45 bits per heavy atom. The highest BCUT2D eigenvalue weighted by molar-refractivity contribution is 5.87. The van der Waals surface area contributed by atoms with Crippen LogP contribution in [0.15, 0.2) is 0 Å². The predicted octanol–water partition coefficient (Wildman–Crippen LogP) is 2.19. The van der Waals surface area contributed by atoms with Gasteiger partial charge in [0.05, 0.1) is 12.5 Å². The van der Waals surface area contributed by atoms with Crippen LogP contribution >= 0.6 is 0 Å². The molecular weight excluding hydrogens is 258 g/mol. The van der Waals surface area contributed by atoms with Gasteiger partial charge in [0.25, 0.3) is 0 Å². The fourth-order valence-electron chi connectivity index (χ4n) is 3.37. The molecule has 5 heteroatoms. The molecule has 0 bridgehead atoms. The number of rotatable bonds is 4. The van der Waals surface area contributed by atoms with Crippen molar-refractivity contribution in [2.45, 2.75) is 69.4 Å². The van der Waals surface area contributed by atoms with Crippen LogP contribution in [0.25, 0.3) is 0 Å². The quantitative estimate of drug-likeness (QED) is 0.859. The van der Waals surface area contributed by atoms with E-state index in [0.29, 0.717) is 25.9 Å². The Kier molecular flexibility index (Phi) is 5.02. The van der Waals surface area contributed by atoms with E-state index in [1.54, 1.807) is 7.05 Å². The summed E-state index contributed by atoms with van der Waals surface area (Å²) in [4.78, 5) is 25.6. The molecule has 1 aliphatic carbocycles. The second-order valence-corrected chi connectivity index (χ2v) is 6.04. The van der Waals surface area contributed by atoms with E-state index in [0.717, 1.165) is 38.5 Å². The van der Waals surface area contributed by atoms with Gasteiger partial charge in [0.2, 0.25) is 5.91 Å². The van der Waals surface area contributed by atoms with Gasteiger partial charge in [-0.3, -0.25) is 4.79 Å². The molecule has 0 aromatic heterocycles. The third-order valence-corrected chi connectivity index (χ3v) is 4.77. The normalized spacial score (nSPS) is 25.9. The molecule has 20 heavy (non-hydrogen) atoms. The van der Waals surface area contributed by atoms with E-state index in [2.05, 4.69) is 0 Å². The van der Waals surface area contributed by atoms with E-state index in [-0.39, 0.29) is 12.0 Å². The largest absolute Gasteiger partial charge is 0.479 e. The summed E-state index contributed by atoms with van der Waals surface area (Å²) in [6.45, 7) is 0.714. The lowest BCUT2D eigenvalue weighted by Gasteiger charge is -2.41. The maximum Gasteiger partial charge on any atom is 0.329 e. The fourth-order valence-corrected chi connectivity index (χ4v) is 3.37. The molecule has 1 saturated heterocycles. The number of likely N-dealkylation sites (N-methyl/N-ethyl adjacent to an activating group) is 1. The number of nitrogens with zero attached hydrogens (tertiary/aromatic N) is 1. The van der Waals surface area contributed by atoms with E-state index >= 15 is 0 Å². The highest BCUT2D eigenvalue weighted by Crippen LogP contribution is 2.34. The minimum absolute atomic E-state index is 0.0341. The average Bonchev–Trinajstić information content (AvgIpc) is 2.48. The maximum atomic E-state index is 12.4. The van der Waals surface area contributed by atoms with Gasteiger partial charge in [0, 0.05) is 13.7 Å². The minimum Gasteiger partial charge on any atom is -0.479 e. The molecule has 0 radical (unpaired) electrons. The summed E-state index contributed by atoms with van der Waals surface area (Å²) in [5.74, 6) is -0.959. The molecule has 5 nitrogen and oxygen atoms in total. The monoisotopic (exact) mass is 283 g/mol. The van der Waals surface area contributed by atoms with Crippen molar-refractivity contribution in [3.63, 3.8) is 0 Å². The SMILES string of the molecule is CN(C(=O)CC1CCCCO1)C1(C(=O)O)CCCCC1. The third kappa shape index (κ3) is 3.14. The van der Waals surface area contributed by atoms with E-state index in [1.807, 2.05) is 0 Å². The first-order valence-electron chi connectivity index (χ1n) is 7.68. The van der Waals surface area contributed by atoms with Gasteiger partial charge in [-0.05, 0) is 32.1 Å². The van der Waals surface area contributed by atoms with Gasteiger partial charge in [0.1, 0.15) is 5.54 Å². The molecule has 0 spiro atoms. The standard InChI is InChI=1S/C15H25NO4/c1-16(13(17)11-12-7-3-6-10-20-12)15(14(18)19)8-4-2-5-9-15/h12H,2-11H2,1H3,(H,18,19). The van der Waals surface area contributed by atoms with Crippen LogP contribution in [0.5, 0.6) is 0 Å². The van der Waals surface area contributed by atoms with Crippen molar-refractivity contribution < 1.29 is 19.4 Å². The molecule has 1 aliphatic heterocycles. The summed E-state index contributed by atoms with van der Waals surface area (Å²) >= 11 is 0. The van der Waals surface area contributed by atoms with Crippen molar-refractivity contribution in [2.24, 2.45) is 0 Å². The third-order valence-electron chi connectivity index (χ3n) is 4.77. The lowest BCUT2D eigenvalue weighted by atomic mass is 9.80. The summed E-state index contributed by atoms with van der Waals surface area (Å²) in [5, 5.41) is 9.59. The van der Waals surface area contributed by atoms with Crippen LogP contribution in [0.1, 0.15) is 57.8 Å². The Morgan fingerprint density at radius 2 is 1.90 bits per heavy atom. The molecule has 1 N–H and O–H groups in total. The summed E-state index contributed by atoms with van der Waals surface area (Å²) in [6.07, 6.45) is 7.27. The van der Waals surface area contributed by atoms with Crippen molar-refractivity contribution in [2.75, 3.05) is 13.7 Å². The van der Waals surface area contributed by atoms with Crippen LogP contribution in [-0.2, 0) is 14.3 Å². The molecule has 1 atom stereocenters. The van der Waals surface area contributed by atoms with Crippen LogP contribution < -0.4 is 0 Å². The Labute approximate surface area is 120 Å². The Bertz CT molecular complexity index is 357. The van der Waals surface area contributed by atoms with E-state index in [4.69, 9.17) is 4.74 Å². The van der Waals surface area contributed by atoms with Gasteiger partial charge < -0.3 is 14.7 Å². The fraction of sp³-hybridized carbons (Fsp3) is 0.867. The van der Waals surface area contributed by atoms with Crippen molar-refractivity contribution in [3.05, 3.63) is 0 Å². The number of amides is 1. The second-order valence-electron chi connectivity index (χ2n) is 6.04. The summed E-state index contributed by atoms with van der Waals surface area (Å²) < 4.78 is 5.58. The van der Waals surface area contributed by atoms with Gasteiger partial charge in [-0.1, -0.05) is 19.3 Å². The number of aliphatic carboxylic acids is 1. The van der Waals surface area contributed by atoms with Gasteiger partial charge in [-0.2, -0.15) is 0 Å². The highest BCUT2D eigenvalue weighted by Gasteiger charge is 2.45. The first-order valence-corrected chi connectivity index (χ1v) is 7.68. The molecular formula is C15H25NO4. The molecule has 2 rings (SSSR count). The molecule has 1 heterocycles. The number of ether oxygens (including phenoxy) is 1. The molecule has 1 saturated carbocycles. The first kappa shape index (κ1) is 15.3. The molecule has 0 aromatic carbocycles. The van der Waals surface area contributed by atoms with Crippen LogP contribution in [0.3, 0.4) is 0 Å². The average molecular weight is 283 g/mol. The zero-order valence-corrected chi connectivity index (χ0v) is 12.3. The number of carboxylic acids is 1. The summed E-state index contributed by atoms with van der Waals surface area (Å²) in [5.41, 5.74) is -0.996. The van der Waals surface area contributed by atoms with Gasteiger partial charge in [-0.15, -0.1) is 0 Å². The molecule has 1 amide bonds. The zero-order chi connectivity index (χ0) is 14.6. The number of carbonyl (C=O) groups excluding carboxylic acids is 1. The van der Waals surface area contributed by atoms with Crippen LogP contribution in [0.4, 0.5) is 0 Å². The number of hydrogen-bond donors (Lipinski definition) is 1. The Hall–Kier alpha value is -1.10. The molecule has 1 unspecified atom stereocenters. The van der Waals surface area contributed by atoms with Gasteiger partial charge in [0.15, 0.2) is 0 Å². The van der Waals surface area contributed by atoms with Gasteiger partial charge in [-0.25, -0.2) is 4.79 Å². The van der Waals surface area contributed by atoms with Crippen molar-refractivity contribution in [1.29, 1.82) is 0 Å². The smallest absolute Gasteiger partial charge is 0.329 e. The van der Waals surface area contributed by atoms with Crippen LogP contribution in [0.2, 0.25) is 0 Å². The first-order chi connectivity index (χ1) is 9.56. The van der Waals surface area contributed by atoms with Crippen molar-refractivity contribution >= 4 is 11.9 Å². The lowest BCUT2D eigenvalue weighted by Crippen LogP contribution is -2.56. The number of carbonyl (C=O) groups is 2. The van der Waals surface area contributed by atoms with Crippen molar-refractivity contribution in [3.8, 4) is 0 Å². The molecule has 0 aromatic rings. The lowest BCUT2D eigenvalue weighted by molar-refractivity contribution is -0.161. The van der Waals surface area contributed by atoms with E-state index in [1.165, 1.54) is 4.90 Å². The topological polar surface area (TPSA) is 66.8 Å². The van der Waals surface area contributed by atoms with Crippen molar-refractivity contribution in [1.82, 2.24) is 4.90 Å². The summed E-state index contributed by atoms with van der Waals surface area (Å²) in [7, 11) is 1.64. The van der Waals surface area contributed by atoms with Crippen LogP contribution in [0, 0.1) is 0 Å². The highest BCUT2D eigenvalue weighted by atomic mass is 16.5. The molecule has 114 valence electrons. The van der Waals surface area contributed by atoms with E-state index in [9.17, 15) is 14.7 Å². The van der Waals surface area contributed by atoms with Crippen LogP contribution in [-0.4, -0.2) is 47.2 Å². The minimum atomic E-state index is -0.996. The molecule has 2 fully saturated rings. The molecule has 2 aliphatic rings. The predicted molar refractivity (Wildman–Crippen MR) is 74.4 cm³/mol. The van der Waals surface area contributed by atoms with Gasteiger partial charge >= 0.3 is 5.97 Å². The Morgan fingerprint density at radius 1 is 1.20 bits per heavy atom. The summed E-state index contributed by atoms with van der Waals surface area (Å²) in [6, 6.07) is 0. The Balaban J connectivity index is 2.01. The van der Waals surface area contributed by atoms with E-state index < -0.39 is 11.5 Å².